The average molecular weight is 394 g/mol. The number of benzene rings is 1. The van der Waals surface area contributed by atoms with Gasteiger partial charge in [0.2, 0.25) is 0 Å². The van der Waals surface area contributed by atoms with Crippen molar-refractivity contribution in [1.29, 1.82) is 0 Å². The zero-order valence-corrected chi connectivity index (χ0v) is 16.1. The van der Waals surface area contributed by atoms with Gasteiger partial charge in [-0.1, -0.05) is 40.7 Å². The van der Waals surface area contributed by atoms with Gasteiger partial charge < -0.3 is 14.7 Å². The standard InChI is InChI=1S/C20H22N6O3/c1-14-10-17(23-29-14)20(28)26-9-5-8-16(26)12-25-13-18(22-24-25)19(27)21-11-15-6-3-2-4-7-15/h2-4,6-7,10,13,16H,5,8-9,11-12H2,1H3,(H,21,27)/t16-/m0/s1. The van der Waals surface area contributed by atoms with Gasteiger partial charge in [-0.15, -0.1) is 5.10 Å². The van der Waals surface area contributed by atoms with Gasteiger partial charge in [0, 0.05) is 19.2 Å². The molecule has 9 heteroatoms. The van der Waals surface area contributed by atoms with Gasteiger partial charge in [-0.2, -0.15) is 0 Å². The summed E-state index contributed by atoms with van der Waals surface area (Å²) in [5.74, 6) is 0.175. The summed E-state index contributed by atoms with van der Waals surface area (Å²) in [6.07, 6.45) is 3.38. The van der Waals surface area contributed by atoms with Crippen molar-refractivity contribution in [1.82, 2.24) is 30.4 Å². The lowest BCUT2D eigenvalue weighted by molar-refractivity contribution is 0.0710. The molecule has 0 bridgehead atoms. The summed E-state index contributed by atoms with van der Waals surface area (Å²) in [5.41, 5.74) is 1.58. The van der Waals surface area contributed by atoms with Crippen molar-refractivity contribution < 1.29 is 14.1 Å². The molecule has 0 radical (unpaired) electrons. The quantitative estimate of drug-likeness (QED) is 0.683. The molecule has 1 N–H and O–H groups in total. The minimum Gasteiger partial charge on any atom is -0.361 e. The highest BCUT2D eigenvalue weighted by atomic mass is 16.5. The lowest BCUT2D eigenvalue weighted by Gasteiger charge is -2.23. The number of hydrogen-bond acceptors (Lipinski definition) is 6. The summed E-state index contributed by atoms with van der Waals surface area (Å²) in [4.78, 5) is 26.8. The number of likely N-dealkylation sites (tertiary alicyclic amines) is 1. The van der Waals surface area contributed by atoms with Crippen LogP contribution in [0.1, 0.15) is 45.1 Å². The van der Waals surface area contributed by atoms with Gasteiger partial charge in [0.25, 0.3) is 11.8 Å². The van der Waals surface area contributed by atoms with E-state index in [-0.39, 0.29) is 23.6 Å². The highest BCUT2D eigenvalue weighted by Crippen LogP contribution is 2.21. The lowest BCUT2D eigenvalue weighted by atomic mass is 10.2. The molecule has 150 valence electrons. The maximum Gasteiger partial charge on any atom is 0.276 e. The van der Waals surface area contributed by atoms with Crippen LogP contribution in [0.2, 0.25) is 0 Å². The number of amides is 2. The minimum atomic E-state index is -0.280. The topological polar surface area (TPSA) is 106 Å². The van der Waals surface area contributed by atoms with Crippen LogP contribution < -0.4 is 5.32 Å². The highest BCUT2D eigenvalue weighted by molar-refractivity contribution is 5.93. The Morgan fingerprint density at radius 3 is 2.83 bits per heavy atom. The van der Waals surface area contributed by atoms with Crippen molar-refractivity contribution >= 4 is 11.8 Å². The summed E-state index contributed by atoms with van der Waals surface area (Å²) in [5, 5.41) is 14.7. The van der Waals surface area contributed by atoms with E-state index < -0.39 is 0 Å². The molecular weight excluding hydrogens is 372 g/mol. The van der Waals surface area contributed by atoms with Gasteiger partial charge in [0.15, 0.2) is 11.4 Å². The van der Waals surface area contributed by atoms with Crippen LogP contribution in [0.3, 0.4) is 0 Å². The van der Waals surface area contributed by atoms with Crippen LogP contribution in [-0.4, -0.2) is 49.5 Å². The lowest BCUT2D eigenvalue weighted by Crippen LogP contribution is -2.38. The molecule has 29 heavy (non-hydrogen) atoms. The fraction of sp³-hybridized carbons (Fsp3) is 0.350. The van der Waals surface area contributed by atoms with Gasteiger partial charge in [-0.25, -0.2) is 4.68 Å². The second-order valence-corrected chi connectivity index (χ2v) is 7.11. The molecule has 2 amide bonds. The maximum atomic E-state index is 12.7. The molecular formula is C20H22N6O3. The summed E-state index contributed by atoms with van der Waals surface area (Å²) >= 11 is 0. The second kappa shape index (κ2) is 8.26. The Morgan fingerprint density at radius 1 is 1.24 bits per heavy atom. The van der Waals surface area contributed by atoms with Crippen LogP contribution in [0.4, 0.5) is 0 Å². The Hall–Kier alpha value is -3.49. The minimum absolute atomic E-state index is 0.0264. The van der Waals surface area contributed by atoms with E-state index >= 15 is 0 Å². The molecule has 1 fully saturated rings. The average Bonchev–Trinajstić information content (AvgIpc) is 3.48. The van der Waals surface area contributed by atoms with E-state index in [2.05, 4.69) is 20.8 Å². The first-order chi connectivity index (χ1) is 14.1. The van der Waals surface area contributed by atoms with Crippen molar-refractivity contribution in [2.24, 2.45) is 0 Å². The van der Waals surface area contributed by atoms with E-state index in [0.29, 0.717) is 31.1 Å². The van der Waals surface area contributed by atoms with Gasteiger partial charge >= 0.3 is 0 Å². The fourth-order valence-corrected chi connectivity index (χ4v) is 3.48. The Morgan fingerprint density at radius 2 is 2.07 bits per heavy atom. The number of carbonyl (C=O) groups is 2. The normalized spacial score (nSPS) is 16.2. The molecule has 0 spiro atoms. The summed E-state index contributed by atoms with van der Waals surface area (Å²) in [6.45, 7) is 3.32. The zero-order valence-electron chi connectivity index (χ0n) is 16.1. The molecule has 2 aromatic heterocycles. The summed E-state index contributed by atoms with van der Waals surface area (Å²) in [7, 11) is 0. The third-order valence-electron chi connectivity index (χ3n) is 4.95. The van der Waals surface area contributed by atoms with E-state index in [1.807, 2.05) is 30.3 Å². The zero-order chi connectivity index (χ0) is 20.2. The Bertz CT molecular complexity index is 997. The maximum absolute atomic E-state index is 12.7. The van der Waals surface area contributed by atoms with Crippen LogP contribution in [0.15, 0.2) is 47.1 Å². The second-order valence-electron chi connectivity index (χ2n) is 7.11. The van der Waals surface area contributed by atoms with Crippen LogP contribution >= 0.6 is 0 Å². The molecule has 9 nitrogen and oxygen atoms in total. The smallest absolute Gasteiger partial charge is 0.276 e. The van der Waals surface area contributed by atoms with Crippen molar-refractivity contribution in [3.8, 4) is 0 Å². The molecule has 1 aromatic carbocycles. The van der Waals surface area contributed by atoms with Crippen molar-refractivity contribution in [3.05, 3.63) is 65.3 Å². The molecule has 1 aliphatic heterocycles. The van der Waals surface area contributed by atoms with E-state index in [1.54, 1.807) is 28.8 Å². The largest absolute Gasteiger partial charge is 0.361 e. The SMILES string of the molecule is Cc1cc(C(=O)N2CCC[C@H]2Cn2cc(C(=O)NCc3ccccc3)nn2)no1. The molecule has 1 aliphatic rings. The third kappa shape index (κ3) is 4.34. The number of nitrogens with one attached hydrogen (secondary N) is 1. The first-order valence-electron chi connectivity index (χ1n) is 9.56. The molecule has 3 heterocycles. The predicted molar refractivity (Wildman–Crippen MR) is 103 cm³/mol. The molecule has 1 atom stereocenters. The molecule has 3 aromatic rings. The van der Waals surface area contributed by atoms with Crippen LogP contribution in [-0.2, 0) is 13.1 Å². The number of hydrogen-bond donors (Lipinski definition) is 1. The van der Waals surface area contributed by atoms with Crippen molar-refractivity contribution in [2.75, 3.05) is 6.54 Å². The van der Waals surface area contributed by atoms with Crippen molar-refractivity contribution in [3.63, 3.8) is 0 Å². The summed E-state index contributed by atoms with van der Waals surface area (Å²) in [6, 6.07) is 11.3. The number of aryl methyl sites for hydroxylation is 1. The molecule has 0 aliphatic carbocycles. The Kier molecular flexibility index (Phi) is 5.37. The number of nitrogens with zero attached hydrogens (tertiary/aromatic N) is 5. The van der Waals surface area contributed by atoms with Gasteiger partial charge in [-0.3, -0.25) is 9.59 Å². The number of rotatable bonds is 6. The first-order valence-corrected chi connectivity index (χ1v) is 9.56. The fourth-order valence-electron chi connectivity index (χ4n) is 3.48. The van der Waals surface area contributed by atoms with Crippen LogP contribution in [0.25, 0.3) is 0 Å². The van der Waals surface area contributed by atoms with E-state index in [1.165, 1.54) is 0 Å². The molecule has 1 saturated heterocycles. The Labute approximate surface area is 167 Å². The van der Waals surface area contributed by atoms with Gasteiger partial charge in [-0.05, 0) is 25.3 Å². The predicted octanol–water partition coefficient (Wildman–Crippen LogP) is 1.81. The molecule has 4 rings (SSSR count). The van der Waals surface area contributed by atoms with E-state index in [9.17, 15) is 9.59 Å². The monoisotopic (exact) mass is 394 g/mol. The van der Waals surface area contributed by atoms with E-state index in [4.69, 9.17) is 4.52 Å². The van der Waals surface area contributed by atoms with Gasteiger partial charge in [0.1, 0.15) is 5.76 Å². The Balaban J connectivity index is 1.36. The van der Waals surface area contributed by atoms with Crippen LogP contribution in [0, 0.1) is 6.92 Å². The first kappa shape index (κ1) is 18.9. The van der Waals surface area contributed by atoms with Crippen LogP contribution in [0.5, 0.6) is 0 Å². The highest BCUT2D eigenvalue weighted by Gasteiger charge is 2.31. The molecule has 0 saturated carbocycles. The van der Waals surface area contributed by atoms with Crippen molar-refractivity contribution in [2.45, 2.75) is 38.9 Å². The summed E-state index contributed by atoms with van der Waals surface area (Å²) < 4.78 is 6.63. The molecule has 0 unspecified atom stereocenters. The number of carbonyl (C=O) groups excluding carboxylic acids is 2. The number of aromatic nitrogens is 4. The third-order valence-corrected chi connectivity index (χ3v) is 4.95. The van der Waals surface area contributed by atoms with Gasteiger partial charge in [0.05, 0.1) is 18.8 Å². The van der Waals surface area contributed by atoms with E-state index in [0.717, 1.165) is 18.4 Å².